The maximum atomic E-state index is 12.1. The largest absolute Gasteiger partial charge is 0.468 e. The Labute approximate surface area is 125 Å². The van der Waals surface area contributed by atoms with Gasteiger partial charge in [0, 0.05) is 12.6 Å². The van der Waals surface area contributed by atoms with Crippen molar-refractivity contribution in [2.75, 3.05) is 26.7 Å². The van der Waals surface area contributed by atoms with Crippen LogP contribution in [0, 0.1) is 5.92 Å². The van der Waals surface area contributed by atoms with Gasteiger partial charge in [-0.25, -0.2) is 0 Å². The van der Waals surface area contributed by atoms with Gasteiger partial charge in [-0.1, -0.05) is 27.7 Å². The SMILES string of the molecule is CCCNC(C)(CC(C)N(CC)CC(C)C)C(=O)OC. The van der Waals surface area contributed by atoms with E-state index in [4.69, 9.17) is 4.74 Å². The van der Waals surface area contributed by atoms with Crippen LogP contribution in [0.4, 0.5) is 0 Å². The molecule has 1 N–H and O–H groups in total. The number of esters is 1. The molecule has 0 rings (SSSR count). The van der Waals surface area contributed by atoms with E-state index in [1.54, 1.807) is 0 Å². The van der Waals surface area contributed by atoms with Crippen molar-refractivity contribution >= 4 is 5.97 Å². The van der Waals surface area contributed by atoms with Crippen LogP contribution in [0.25, 0.3) is 0 Å². The third-order valence-electron chi connectivity index (χ3n) is 3.73. The summed E-state index contributed by atoms with van der Waals surface area (Å²) in [5.74, 6) is 0.462. The zero-order chi connectivity index (χ0) is 15.8. The summed E-state index contributed by atoms with van der Waals surface area (Å²) in [5, 5.41) is 3.36. The Kier molecular flexibility index (Phi) is 9.06. The van der Waals surface area contributed by atoms with Crippen molar-refractivity contribution in [3.05, 3.63) is 0 Å². The van der Waals surface area contributed by atoms with E-state index >= 15 is 0 Å². The lowest BCUT2D eigenvalue weighted by molar-refractivity contribution is -0.148. The summed E-state index contributed by atoms with van der Waals surface area (Å²) in [4.78, 5) is 14.5. The molecule has 0 aromatic carbocycles. The summed E-state index contributed by atoms with van der Waals surface area (Å²) in [6, 6.07) is 0.343. The van der Waals surface area contributed by atoms with E-state index in [9.17, 15) is 4.79 Å². The minimum Gasteiger partial charge on any atom is -0.468 e. The lowest BCUT2D eigenvalue weighted by atomic mass is 9.92. The minimum absolute atomic E-state index is 0.168. The van der Waals surface area contributed by atoms with E-state index in [1.165, 1.54) is 7.11 Å². The average molecular weight is 286 g/mol. The van der Waals surface area contributed by atoms with Crippen molar-refractivity contribution < 1.29 is 9.53 Å². The summed E-state index contributed by atoms with van der Waals surface area (Å²) in [6.45, 7) is 15.8. The van der Waals surface area contributed by atoms with Gasteiger partial charge < -0.3 is 15.0 Å². The van der Waals surface area contributed by atoms with E-state index in [0.717, 1.165) is 32.5 Å². The van der Waals surface area contributed by atoms with E-state index in [-0.39, 0.29) is 5.97 Å². The van der Waals surface area contributed by atoms with Crippen molar-refractivity contribution in [1.82, 2.24) is 10.2 Å². The standard InChI is InChI=1S/C16H34N2O2/c1-8-10-17-16(6,15(19)20-7)11-14(5)18(9-2)12-13(3)4/h13-14,17H,8-12H2,1-7H3. The first kappa shape index (κ1) is 19.4. The van der Waals surface area contributed by atoms with Crippen LogP contribution in [0.1, 0.15) is 54.4 Å². The van der Waals surface area contributed by atoms with Crippen LogP contribution in [-0.4, -0.2) is 49.2 Å². The van der Waals surface area contributed by atoms with Crippen molar-refractivity contribution in [1.29, 1.82) is 0 Å². The topological polar surface area (TPSA) is 41.6 Å². The van der Waals surface area contributed by atoms with Gasteiger partial charge in [-0.3, -0.25) is 4.79 Å². The highest BCUT2D eigenvalue weighted by molar-refractivity contribution is 5.80. The predicted octanol–water partition coefficient (Wildman–Crippen LogP) is 2.67. The molecule has 2 unspecified atom stereocenters. The molecule has 0 saturated heterocycles. The molecule has 2 atom stereocenters. The molecule has 4 heteroatoms. The Morgan fingerprint density at radius 2 is 1.90 bits per heavy atom. The number of nitrogens with zero attached hydrogens (tertiary/aromatic N) is 1. The minimum atomic E-state index is -0.603. The molecule has 0 bridgehead atoms. The highest BCUT2D eigenvalue weighted by Gasteiger charge is 2.36. The second-order valence-corrected chi connectivity index (χ2v) is 6.29. The van der Waals surface area contributed by atoms with Gasteiger partial charge in [-0.2, -0.15) is 0 Å². The van der Waals surface area contributed by atoms with Gasteiger partial charge in [0.1, 0.15) is 5.54 Å². The predicted molar refractivity (Wildman–Crippen MR) is 84.9 cm³/mol. The molecule has 0 heterocycles. The Balaban J connectivity index is 4.81. The summed E-state index contributed by atoms with van der Waals surface area (Å²) in [6.07, 6.45) is 1.77. The number of ether oxygens (including phenoxy) is 1. The summed E-state index contributed by atoms with van der Waals surface area (Å²) >= 11 is 0. The number of hydrogen-bond donors (Lipinski definition) is 1. The number of hydrogen-bond acceptors (Lipinski definition) is 4. The van der Waals surface area contributed by atoms with Crippen LogP contribution in [0.5, 0.6) is 0 Å². The molecule has 0 aliphatic rings. The molecule has 0 amide bonds. The molecule has 0 aliphatic carbocycles. The summed E-state index contributed by atoms with van der Waals surface area (Å²) < 4.78 is 4.99. The van der Waals surface area contributed by atoms with Crippen molar-refractivity contribution in [3.63, 3.8) is 0 Å². The zero-order valence-electron chi connectivity index (χ0n) is 14.5. The fourth-order valence-electron chi connectivity index (χ4n) is 2.66. The molecule has 0 saturated carbocycles. The lowest BCUT2D eigenvalue weighted by Crippen LogP contribution is -2.54. The Morgan fingerprint density at radius 3 is 2.30 bits per heavy atom. The Hall–Kier alpha value is -0.610. The highest BCUT2D eigenvalue weighted by atomic mass is 16.5. The number of carbonyl (C=O) groups excluding carboxylic acids is 1. The molecule has 0 aliphatic heterocycles. The van der Waals surface area contributed by atoms with Crippen LogP contribution >= 0.6 is 0 Å². The van der Waals surface area contributed by atoms with Crippen molar-refractivity contribution in [3.8, 4) is 0 Å². The maximum Gasteiger partial charge on any atom is 0.325 e. The van der Waals surface area contributed by atoms with Gasteiger partial charge in [0.25, 0.3) is 0 Å². The molecule has 4 nitrogen and oxygen atoms in total. The number of rotatable bonds is 10. The van der Waals surface area contributed by atoms with E-state index < -0.39 is 5.54 Å². The third-order valence-corrected chi connectivity index (χ3v) is 3.73. The van der Waals surface area contributed by atoms with Crippen molar-refractivity contribution in [2.45, 2.75) is 66.0 Å². The van der Waals surface area contributed by atoms with Crippen LogP contribution in [0.15, 0.2) is 0 Å². The van der Waals surface area contributed by atoms with Gasteiger partial charge in [0.05, 0.1) is 7.11 Å². The zero-order valence-corrected chi connectivity index (χ0v) is 14.5. The monoisotopic (exact) mass is 286 g/mol. The van der Waals surface area contributed by atoms with Gasteiger partial charge in [0.2, 0.25) is 0 Å². The molecular formula is C16H34N2O2. The highest BCUT2D eigenvalue weighted by Crippen LogP contribution is 2.19. The lowest BCUT2D eigenvalue weighted by Gasteiger charge is -2.36. The van der Waals surface area contributed by atoms with Crippen LogP contribution < -0.4 is 5.32 Å². The van der Waals surface area contributed by atoms with E-state index in [2.05, 4.69) is 44.8 Å². The quantitative estimate of drug-likeness (QED) is 0.627. The summed E-state index contributed by atoms with van der Waals surface area (Å²) in [5.41, 5.74) is -0.603. The smallest absolute Gasteiger partial charge is 0.325 e. The molecule has 0 radical (unpaired) electrons. The average Bonchev–Trinajstić information content (AvgIpc) is 2.41. The normalized spacial score (nSPS) is 16.2. The number of carbonyl (C=O) groups is 1. The van der Waals surface area contributed by atoms with Crippen LogP contribution in [0.3, 0.4) is 0 Å². The maximum absolute atomic E-state index is 12.1. The number of methoxy groups -OCH3 is 1. The van der Waals surface area contributed by atoms with Crippen LogP contribution in [-0.2, 0) is 9.53 Å². The molecule has 120 valence electrons. The first-order chi connectivity index (χ1) is 9.30. The van der Waals surface area contributed by atoms with Gasteiger partial charge in [0.15, 0.2) is 0 Å². The van der Waals surface area contributed by atoms with E-state index in [1.807, 2.05) is 6.92 Å². The van der Waals surface area contributed by atoms with Crippen molar-refractivity contribution in [2.24, 2.45) is 5.92 Å². The second kappa shape index (κ2) is 9.35. The molecule has 0 aromatic heterocycles. The molecule has 0 aromatic rings. The second-order valence-electron chi connectivity index (χ2n) is 6.29. The molecule has 20 heavy (non-hydrogen) atoms. The first-order valence-corrected chi connectivity index (χ1v) is 7.88. The molecular weight excluding hydrogens is 252 g/mol. The Bertz CT molecular complexity index is 282. The van der Waals surface area contributed by atoms with Gasteiger partial charge in [-0.05, 0) is 45.7 Å². The molecule has 0 spiro atoms. The fraction of sp³-hybridized carbons (Fsp3) is 0.938. The fourth-order valence-corrected chi connectivity index (χ4v) is 2.66. The van der Waals surface area contributed by atoms with Gasteiger partial charge in [-0.15, -0.1) is 0 Å². The van der Waals surface area contributed by atoms with Crippen LogP contribution in [0.2, 0.25) is 0 Å². The first-order valence-electron chi connectivity index (χ1n) is 7.88. The Morgan fingerprint density at radius 1 is 1.30 bits per heavy atom. The van der Waals surface area contributed by atoms with E-state index in [0.29, 0.717) is 12.0 Å². The molecule has 0 fully saturated rings. The number of nitrogens with one attached hydrogen (secondary N) is 1. The summed E-state index contributed by atoms with van der Waals surface area (Å²) in [7, 11) is 1.46. The van der Waals surface area contributed by atoms with Gasteiger partial charge >= 0.3 is 5.97 Å². The third kappa shape index (κ3) is 6.23.